The van der Waals surface area contributed by atoms with Crippen LogP contribution in [0.2, 0.25) is 0 Å². The lowest BCUT2D eigenvalue weighted by molar-refractivity contribution is -0.393. The molecule has 0 radical (unpaired) electrons. The minimum absolute atomic E-state index is 0.0566. The van der Waals surface area contributed by atoms with Gasteiger partial charge in [-0.3, -0.25) is 30.4 Å². The second-order valence-electron chi connectivity index (χ2n) is 4.82. The van der Waals surface area contributed by atoms with E-state index in [2.05, 4.69) is 10.5 Å². The first kappa shape index (κ1) is 16.7. The van der Waals surface area contributed by atoms with E-state index in [0.717, 1.165) is 30.0 Å². The van der Waals surface area contributed by atoms with Crippen molar-refractivity contribution in [3.63, 3.8) is 0 Å². The SMILES string of the molecule is Cc1cccc(C(=O)/C=N/Nc2ccc([N+](=O)[O-])cc2[N+](=O)[O-])c1. The Balaban J connectivity index is 2.18. The fourth-order valence-electron chi connectivity index (χ4n) is 1.91. The van der Waals surface area contributed by atoms with E-state index in [9.17, 15) is 25.0 Å². The van der Waals surface area contributed by atoms with Gasteiger partial charge in [0.2, 0.25) is 5.78 Å². The van der Waals surface area contributed by atoms with Crippen molar-refractivity contribution in [2.24, 2.45) is 5.10 Å². The number of benzene rings is 2. The Morgan fingerprint density at radius 1 is 1.12 bits per heavy atom. The van der Waals surface area contributed by atoms with Gasteiger partial charge in [0.25, 0.3) is 5.69 Å². The van der Waals surface area contributed by atoms with Crippen LogP contribution in [0.1, 0.15) is 15.9 Å². The van der Waals surface area contributed by atoms with Gasteiger partial charge < -0.3 is 0 Å². The Morgan fingerprint density at radius 2 is 1.88 bits per heavy atom. The van der Waals surface area contributed by atoms with E-state index in [-0.39, 0.29) is 11.5 Å². The Bertz CT molecular complexity index is 848. The van der Waals surface area contributed by atoms with Crippen molar-refractivity contribution >= 4 is 29.1 Å². The Hall–Kier alpha value is -3.62. The zero-order chi connectivity index (χ0) is 17.7. The highest BCUT2D eigenvalue weighted by molar-refractivity contribution is 6.35. The largest absolute Gasteiger partial charge is 0.301 e. The molecule has 0 saturated carbocycles. The molecule has 0 atom stereocenters. The van der Waals surface area contributed by atoms with Crippen molar-refractivity contribution in [2.75, 3.05) is 5.43 Å². The molecule has 0 unspecified atom stereocenters. The van der Waals surface area contributed by atoms with Crippen molar-refractivity contribution < 1.29 is 14.6 Å². The first-order valence-corrected chi connectivity index (χ1v) is 6.71. The molecule has 122 valence electrons. The Labute approximate surface area is 135 Å². The van der Waals surface area contributed by atoms with Gasteiger partial charge >= 0.3 is 5.69 Å². The molecule has 0 aromatic heterocycles. The van der Waals surface area contributed by atoms with Crippen molar-refractivity contribution in [1.82, 2.24) is 0 Å². The molecule has 2 rings (SSSR count). The molecule has 0 aliphatic heterocycles. The molecule has 0 saturated heterocycles. The summed E-state index contributed by atoms with van der Waals surface area (Å²) in [6.45, 7) is 1.84. The zero-order valence-electron chi connectivity index (χ0n) is 12.5. The third-order valence-corrected chi connectivity index (χ3v) is 3.06. The standard InChI is InChI=1S/C15H12N4O5/c1-10-3-2-4-11(7-10)15(20)9-16-17-13-6-5-12(18(21)22)8-14(13)19(23)24/h2-9,17H,1H3/b16-9+. The number of rotatable bonds is 6. The molecule has 2 aromatic carbocycles. The highest BCUT2D eigenvalue weighted by Crippen LogP contribution is 2.28. The van der Waals surface area contributed by atoms with Crippen molar-refractivity contribution in [3.05, 3.63) is 73.8 Å². The van der Waals surface area contributed by atoms with Crippen LogP contribution >= 0.6 is 0 Å². The van der Waals surface area contributed by atoms with E-state index in [1.165, 1.54) is 0 Å². The second kappa shape index (κ2) is 7.09. The number of carbonyl (C=O) groups is 1. The summed E-state index contributed by atoms with van der Waals surface area (Å²) in [5.41, 5.74) is 2.72. The van der Waals surface area contributed by atoms with Crippen LogP contribution < -0.4 is 5.43 Å². The first-order chi connectivity index (χ1) is 11.4. The van der Waals surface area contributed by atoms with Gasteiger partial charge in [0.15, 0.2) is 0 Å². The lowest BCUT2D eigenvalue weighted by Gasteiger charge is -2.02. The molecular weight excluding hydrogens is 316 g/mol. The molecule has 0 aliphatic rings. The number of non-ortho nitro benzene ring substituents is 1. The van der Waals surface area contributed by atoms with Crippen molar-refractivity contribution in [1.29, 1.82) is 0 Å². The topological polar surface area (TPSA) is 128 Å². The fourth-order valence-corrected chi connectivity index (χ4v) is 1.91. The van der Waals surface area contributed by atoms with Crippen LogP contribution in [-0.4, -0.2) is 21.8 Å². The third kappa shape index (κ3) is 3.97. The molecule has 2 aromatic rings. The monoisotopic (exact) mass is 328 g/mol. The van der Waals surface area contributed by atoms with Gasteiger partial charge in [-0.2, -0.15) is 5.10 Å². The molecular formula is C15H12N4O5. The molecule has 0 amide bonds. The predicted molar refractivity (Wildman–Crippen MR) is 87.4 cm³/mol. The summed E-state index contributed by atoms with van der Waals surface area (Å²) in [6.07, 6.45) is 0.986. The molecule has 0 heterocycles. The zero-order valence-corrected chi connectivity index (χ0v) is 12.5. The number of ketones is 1. The van der Waals surface area contributed by atoms with Crippen LogP contribution in [0, 0.1) is 27.2 Å². The lowest BCUT2D eigenvalue weighted by atomic mass is 10.1. The van der Waals surface area contributed by atoms with Gasteiger partial charge in [-0.1, -0.05) is 23.8 Å². The average molecular weight is 328 g/mol. The Kier molecular flexibility index (Phi) is 4.95. The minimum Gasteiger partial charge on any atom is -0.287 e. The number of nitrogens with one attached hydrogen (secondary N) is 1. The number of carbonyl (C=O) groups excluding carboxylic acids is 1. The molecule has 9 heteroatoms. The lowest BCUT2D eigenvalue weighted by Crippen LogP contribution is -2.03. The number of hydrazone groups is 1. The maximum Gasteiger partial charge on any atom is 0.301 e. The van der Waals surface area contributed by atoms with Gasteiger partial charge in [-0.05, 0) is 19.1 Å². The molecule has 1 N–H and O–H groups in total. The van der Waals surface area contributed by atoms with E-state index in [4.69, 9.17) is 0 Å². The summed E-state index contributed by atoms with van der Waals surface area (Å²) in [7, 11) is 0. The average Bonchev–Trinajstić information content (AvgIpc) is 2.54. The smallest absolute Gasteiger partial charge is 0.287 e. The molecule has 0 spiro atoms. The predicted octanol–water partition coefficient (Wildman–Crippen LogP) is 3.09. The molecule has 0 aliphatic carbocycles. The van der Waals surface area contributed by atoms with Gasteiger partial charge in [0.1, 0.15) is 5.69 Å². The van der Waals surface area contributed by atoms with Gasteiger partial charge in [0, 0.05) is 11.6 Å². The third-order valence-electron chi connectivity index (χ3n) is 3.06. The van der Waals surface area contributed by atoms with E-state index >= 15 is 0 Å². The summed E-state index contributed by atoms with van der Waals surface area (Å²) in [5.74, 6) is -0.379. The fraction of sp³-hybridized carbons (Fsp3) is 0.0667. The van der Waals surface area contributed by atoms with Gasteiger partial charge in [0.05, 0.1) is 22.1 Å². The van der Waals surface area contributed by atoms with Crippen molar-refractivity contribution in [2.45, 2.75) is 6.92 Å². The molecule has 0 fully saturated rings. The Morgan fingerprint density at radius 3 is 2.50 bits per heavy atom. The molecule has 24 heavy (non-hydrogen) atoms. The van der Waals surface area contributed by atoms with Crippen LogP contribution in [0.25, 0.3) is 0 Å². The van der Waals surface area contributed by atoms with Crippen LogP contribution in [-0.2, 0) is 0 Å². The summed E-state index contributed by atoms with van der Waals surface area (Å²) < 4.78 is 0. The molecule has 9 nitrogen and oxygen atoms in total. The van der Waals surface area contributed by atoms with Crippen LogP contribution in [0.5, 0.6) is 0 Å². The number of anilines is 1. The van der Waals surface area contributed by atoms with Gasteiger partial charge in [-0.15, -0.1) is 0 Å². The van der Waals surface area contributed by atoms with Crippen LogP contribution in [0.3, 0.4) is 0 Å². The maximum atomic E-state index is 11.9. The minimum atomic E-state index is -0.771. The van der Waals surface area contributed by atoms with E-state index in [1.54, 1.807) is 18.2 Å². The van der Waals surface area contributed by atoms with E-state index in [0.29, 0.717) is 5.56 Å². The normalized spacial score (nSPS) is 10.5. The van der Waals surface area contributed by atoms with Crippen LogP contribution in [0.15, 0.2) is 47.6 Å². The summed E-state index contributed by atoms with van der Waals surface area (Å²) >= 11 is 0. The summed E-state index contributed by atoms with van der Waals surface area (Å²) in [6, 6.07) is 9.95. The quantitative estimate of drug-likeness (QED) is 0.375. The highest BCUT2D eigenvalue weighted by Gasteiger charge is 2.19. The van der Waals surface area contributed by atoms with E-state index < -0.39 is 21.2 Å². The molecule has 0 bridgehead atoms. The van der Waals surface area contributed by atoms with Gasteiger partial charge in [-0.25, -0.2) is 0 Å². The summed E-state index contributed by atoms with van der Waals surface area (Å²) in [5, 5.41) is 25.3. The number of nitro groups is 2. The number of aryl methyl sites for hydroxylation is 1. The summed E-state index contributed by atoms with van der Waals surface area (Å²) in [4.78, 5) is 32.1. The number of hydrogen-bond acceptors (Lipinski definition) is 7. The van der Waals surface area contributed by atoms with E-state index in [1.807, 2.05) is 13.0 Å². The maximum absolute atomic E-state index is 11.9. The first-order valence-electron chi connectivity index (χ1n) is 6.71. The highest BCUT2D eigenvalue weighted by atomic mass is 16.6. The second-order valence-corrected chi connectivity index (χ2v) is 4.82. The number of nitrogens with zero attached hydrogens (tertiary/aromatic N) is 3. The van der Waals surface area contributed by atoms with Crippen molar-refractivity contribution in [3.8, 4) is 0 Å². The van der Waals surface area contributed by atoms with Crippen LogP contribution in [0.4, 0.5) is 17.1 Å². The number of hydrogen-bond donors (Lipinski definition) is 1. The number of Topliss-reactive ketones (excluding diaryl/α,β-unsaturated/α-hetero) is 1. The number of nitro benzene ring substituents is 2.